The first-order valence-electron chi connectivity index (χ1n) is 19.4. The minimum Gasteiger partial charge on any atom is -0.0622 e. The molecule has 0 heterocycles. The van der Waals surface area contributed by atoms with E-state index in [0.717, 1.165) is 0 Å². The zero-order valence-corrected chi connectivity index (χ0v) is 31.0. The molecule has 0 aromatic heterocycles. The molecule has 10 aromatic carbocycles. The van der Waals surface area contributed by atoms with Crippen molar-refractivity contribution in [3.8, 4) is 55.6 Å². The van der Waals surface area contributed by atoms with E-state index < -0.39 is 0 Å². The second kappa shape index (κ2) is 12.1. The summed E-state index contributed by atoms with van der Waals surface area (Å²) in [5, 5.41) is 10.4. The van der Waals surface area contributed by atoms with Gasteiger partial charge in [0, 0.05) is 5.41 Å². The molecular formula is C55H38. The van der Waals surface area contributed by atoms with Crippen molar-refractivity contribution < 1.29 is 0 Å². The van der Waals surface area contributed by atoms with Crippen LogP contribution in [0.3, 0.4) is 0 Å². The van der Waals surface area contributed by atoms with Gasteiger partial charge in [-0.25, -0.2) is 0 Å². The lowest BCUT2D eigenvalue weighted by atomic mass is 9.79. The molecule has 0 fully saturated rings. The molecule has 0 radical (unpaired) electrons. The number of rotatable bonds is 4. The number of hydrogen-bond donors (Lipinski definition) is 0. The molecule has 0 saturated carbocycles. The standard InChI is InChI=1S/C55H38/c1-55(2)49-26-14-25-40(52(49)53-43-19-8-6-17-41(43)42-18-7-13-24-48(42)54(53)55)37-29-33-39(34-30-37)51-46-22-11-9-20-44(46)50(45-21-10-12-23-47(45)51)38-31-27-36(28-32-38)35-15-4-3-5-16-35/h3-34H,1-2H3. The van der Waals surface area contributed by atoms with E-state index >= 15 is 0 Å². The lowest BCUT2D eigenvalue weighted by molar-refractivity contribution is 0.666. The summed E-state index contributed by atoms with van der Waals surface area (Å²) in [4.78, 5) is 0. The Morgan fingerprint density at radius 3 is 1.16 bits per heavy atom. The van der Waals surface area contributed by atoms with Crippen molar-refractivity contribution in [3.05, 3.63) is 205 Å². The van der Waals surface area contributed by atoms with Gasteiger partial charge in [-0.1, -0.05) is 208 Å². The highest BCUT2D eigenvalue weighted by atomic mass is 14.4. The van der Waals surface area contributed by atoms with Crippen molar-refractivity contribution in [2.24, 2.45) is 0 Å². The summed E-state index contributed by atoms with van der Waals surface area (Å²) < 4.78 is 0. The molecule has 0 aliphatic heterocycles. The fourth-order valence-electron chi connectivity index (χ4n) is 9.79. The SMILES string of the molecule is CC1(C)c2cccc(-c3ccc(-c4c5ccccc5c(-c5ccc(-c6ccccc6)cc5)c5ccccc45)cc3)c2-c2c1c1ccccc1c1ccccc21. The Morgan fingerprint density at radius 2 is 0.636 bits per heavy atom. The van der Waals surface area contributed by atoms with Crippen LogP contribution < -0.4 is 0 Å². The van der Waals surface area contributed by atoms with Gasteiger partial charge in [0.15, 0.2) is 0 Å². The van der Waals surface area contributed by atoms with Gasteiger partial charge < -0.3 is 0 Å². The molecule has 1 aliphatic rings. The number of hydrogen-bond acceptors (Lipinski definition) is 0. The largest absolute Gasteiger partial charge is 0.0622 e. The Labute approximate surface area is 322 Å². The van der Waals surface area contributed by atoms with Gasteiger partial charge in [0.2, 0.25) is 0 Å². The minimum atomic E-state index is -0.133. The Morgan fingerprint density at radius 1 is 0.255 bits per heavy atom. The van der Waals surface area contributed by atoms with E-state index in [1.54, 1.807) is 0 Å². The summed E-state index contributed by atoms with van der Waals surface area (Å²) in [6.07, 6.45) is 0. The summed E-state index contributed by atoms with van der Waals surface area (Å²) in [6, 6.07) is 71.9. The van der Waals surface area contributed by atoms with Crippen molar-refractivity contribution in [1.29, 1.82) is 0 Å². The van der Waals surface area contributed by atoms with Crippen LogP contribution >= 0.6 is 0 Å². The molecule has 258 valence electrons. The van der Waals surface area contributed by atoms with E-state index in [-0.39, 0.29) is 5.41 Å². The van der Waals surface area contributed by atoms with E-state index in [0.29, 0.717) is 0 Å². The molecule has 55 heavy (non-hydrogen) atoms. The highest BCUT2D eigenvalue weighted by molar-refractivity contribution is 6.22. The number of benzene rings is 10. The van der Waals surface area contributed by atoms with Gasteiger partial charge >= 0.3 is 0 Å². The lowest BCUT2D eigenvalue weighted by Gasteiger charge is -2.24. The van der Waals surface area contributed by atoms with Crippen LogP contribution in [0.15, 0.2) is 194 Å². The first-order valence-corrected chi connectivity index (χ1v) is 19.4. The molecule has 0 N–H and O–H groups in total. The van der Waals surface area contributed by atoms with Crippen molar-refractivity contribution >= 4 is 43.1 Å². The van der Waals surface area contributed by atoms with Gasteiger partial charge in [0.1, 0.15) is 0 Å². The normalized spacial score (nSPS) is 13.1. The van der Waals surface area contributed by atoms with E-state index in [1.807, 2.05) is 0 Å². The van der Waals surface area contributed by atoms with Gasteiger partial charge in [0.25, 0.3) is 0 Å². The van der Waals surface area contributed by atoms with Gasteiger partial charge in [0.05, 0.1) is 0 Å². The van der Waals surface area contributed by atoms with Crippen LogP contribution in [-0.4, -0.2) is 0 Å². The first kappa shape index (κ1) is 31.7. The first-order chi connectivity index (χ1) is 27.1. The van der Waals surface area contributed by atoms with Crippen molar-refractivity contribution in [3.63, 3.8) is 0 Å². The van der Waals surface area contributed by atoms with Crippen LogP contribution in [0.4, 0.5) is 0 Å². The van der Waals surface area contributed by atoms with Crippen LogP contribution in [0.1, 0.15) is 25.0 Å². The van der Waals surface area contributed by atoms with E-state index in [9.17, 15) is 0 Å². The molecule has 0 amide bonds. The minimum absolute atomic E-state index is 0.133. The third-order valence-electron chi connectivity index (χ3n) is 12.2. The molecule has 0 bridgehead atoms. The molecule has 1 aliphatic carbocycles. The molecule has 0 unspecified atom stereocenters. The Kier molecular flexibility index (Phi) is 7.00. The van der Waals surface area contributed by atoms with Crippen LogP contribution in [0.25, 0.3) is 98.7 Å². The second-order valence-corrected chi connectivity index (χ2v) is 15.6. The molecule has 0 spiro atoms. The van der Waals surface area contributed by atoms with Gasteiger partial charge in [-0.05, 0) is 110 Å². The molecule has 0 nitrogen and oxygen atoms in total. The van der Waals surface area contributed by atoms with Gasteiger partial charge in [-0.3, -0.25) is 0 Å². The van der Waals surface area contributed by atoms with Crippen molar-refractivity contribution in [2.45, 2.75) is 19.3 Å². The fraction of sp³-hybridized carbons (Fsp3) is 0.0545. The monoisotopic (exact) mass is 698 g/mol. The van der Waals surface area contributed by atoms with Crippen LogP contribution in [0.2, 0.25) is 0 Å². The predicted molar refractivity (Wildman–Crippen MR) is 236 cm³/mol. The lowest BCUT2D eigenvalue weighted by Crippen LogP contribution is -2.15. The third-order valence-corrected chi connectivity index (χ3v) is 12.2. The predicted octanol–water partition coefficient (Wildman–Crippen LogP) is 15.3. The average Bonchev–Trinajstić information content (AvgIpc) is 3.50. The quantitative estimate of drug-likeness (QED) is 0.127. The number of fused-ring (bicyclic) bond motifs is 10. The molecule has 11 rings (SSSR count). The van der Waals surface area contributed by atoms with E-state index in [1.165, 1.54) is 110 Å². The van der Waals surface area contributed by atoms with Gasteiger partial charge in [-0.2, -0.15) is 0 Å². The maximum Gasteiger partial charge on any atom is 0.0165 e. The molecule has 10 aromatic rings. The third kappa shape index (κ3) is 4.71. The molecule has 0 heteroatoms. The summed E-state index contributed by atoms with van der Waals surface area (Å²) in [7, 11) is 0. The highest BCUT2D eigenvalue weighted by Crippen LogP contribution is 2.57. The molecular weight excluding hydrogens is 661 g/mol. The van der Waals surface area contributed by atoms with E-state index in [4.69, 9.17) is 0 Å². The van der Waals surface area contributed by atoms with Crippen molar-refractivity contribution in [1.82, 2.24) is 0 Å². The Balaban J connectivity index is 1.08. The zero-order chi connectivity index (χ0) is 36.7. The van der Waals surface area contributed by atoms with E-state index in [2.05, 4.69) is 208 Å². The van der Waals surface area contributed by atoms with Crippen LogP contribution in [0, 0.1) is 0 Å². The van der Waals surface area contributed by atoms with Crippen LogP contribution in [0.5, 0.6) is 0 Å². The Bertz CT molecular complexity index is 3070. The zero-order valence-electron chi connectivity index (χ0n) is 31.0. The molecule has 0 atom stereocenters. The van der Waals surface area contributed by atoms with Crippen molar-refractivity contribution in [2.75, 3.05) is 0 Å². The summed E-state index contributed by atoms with van der Waals surface area (Å²) >= 11 is 0. The smallest absolute Gasteiger partial charge is 0.0165 e. The summed E-state index contributed by atoms with van der Waals surface area (Å²) in [5.41, 5.74) is 15.5. The van der Waals surface area contributed by atoms with Crippen LogP contribution in [-0.2, 0) is 5.41 Å². The summed E-state index contributed by atoms with van der Waals surface area (Å²) in [5.74, 6) is 0. The second-order valence-electron chi connectivity index (χ2n) is 15.6. The topological polar surface area (TPSA) is 0 Å². The fourth-order valence-corrected chi connectivity index (χ4v) is 9.79. The maximum atomic E-state index is 2.41. The average molecular weight is 699 g/mol. The maximum absolute atomic E-state index is 2.41. The molecule has 0 saturated heterocycles. The Hall–Kier alpha value is -6.76. The van der Waals surface area contributed by atoms with Gasteiger partial charge in [-0.15, -0.1) is 0 Å². The summed E-state index contributed by atoms with van der Waals surface area (Å²) in [6.45, 7) is 4.81. The highest BCUT2D eigenvalue weighted by Gasteiger charge is 2.39.